The minimum absolute atomic E-state index is 0.0193. The summed E-state index contributed by atoms with van der Waals surface area (Å²) < 4.78 is 7.46. The molecular weight excluding hydrogens is 260 g/mol. The van der Waals surface area contributed by atoms with Gasteiger partial charge in [0.2, 0.25) is 0 Å². The van der Waals surface area contributed by atoms with Crippen molar-refractivity contribution in [2.24, 2.45) is 0 Å². The van der Waals surface area contributed by atoms with Crippen LogP contribution in [0.15, 0.2) is 36.0 Å². The fourth-order valence-corrected chi connectivity index (χ4v) is 3.07. The van der Waals surface area contributed by atoms with Crippen molar-refractivity contribution in [3.05, 3.63) is 40.8 Å². The van der Waals surface area contributed by atoms with Crippen molar-refractivity contribution in [1.29, 1.82) is 0 Å². The largest absolute Gasteiger partial charge is 0.376 e. The lowest BCUT2D eigenvalue weighted by Crippen LogP contribution is -2.31. The van der Waals surface area contributed by atoms with Crippen molar-refractivity contribution in [3.63, 3.8) is 0 Å². The maximum absolute atomic E-state index is 12.2. The van der Waals surface area contributed by atoms with Gasteiger partial charge in [0.1, 0.15) is 4.88 Å². The Labute approximate surface area is 116 Å². The smallest absolute Gasteiger partial charge is 0.263 e. The van der Waals surface area contributed by atoms with Crippen LogP contribution in [0.25, 0.3) is 5.69 Å². The van der Waals surface area contributed by atoms with Gasteiger partial charge in [0.25, 0.3) is 5.91 Å². The second-order valence-electron chi connectivity index (χ2n) is 4.57. The zero-order valence-corrected chi connectivity index (χ0v) is 11.4. The van der Waals surface area contributed by atoms with Crippen LogP contribution in [0.4, 0.5) is 0 Å². The molecule has 1 atom stereocenters. The Morgan fingerprint density at radius 3 is 3.05 bits per heavy atom. The van der Waals surface area contributed by atoms with Gasteiger partial charge in [-0.2, -0.15) is 0 Å². The predicted octanol–water partition coefficient (Wildman–Crippen LogP) is 2.45. The van der Waals surface area contributed by atoms with Crippen molar-refractivity contribution >= 4 is 17.2 Å². The van der Waals surface area contributed by atoms with Gasteiger partial charge in [-0.05, 0) is 36.4 Å². The number of rotatable bonds is 4. The lowest BCUT2D eigenvalue weighted by Gasteiger charge is -2.11. The summed E-state index contributed by atoms with van der Waals surface area (Å²) in [4.78, 5) is 13.0. The molecule has 1 aliphatic rings. The number of amides is 1. The summed E-state index contributed by atoms with van der Waals surface area (Å²) in [7, 11) is 0. The Bertz CT molecular complexity index is 542. The summed E-state index contributed by atoms with van der Waals surface area (Å²) in [5.41, 5.74) is 0.930. The number of hydrogen-bond acceptors (Lipinski definition) is 3. The molecule has 1 N–H and O–H groups in total. The number of carbonyl (C=O) groups is 1. The average molecular weight is 276 g/mol. The molecule has 2 aromatic heterocycles. The van der Waals surface area contributed by atoms with E-state index in [0.29, 0.717) is 6.54 Å². The van der Waals surface area contributed by atoms with Crippen LogP contribution in [0.1, 0.15) is 22.5 Å². The van der Waals surface area contributed by atoms with Crippen LogP contribution in [-0.2, 0) is 4.74 Å². The lowest BCUT2D eigenvalue weighted by molar-refractivity contribution is 0.0861. The Kier molecular flexibility index (Phi) is 3.66. The molecule has 1 aliphatic heterocycles. The molecule has 0 bridgehead atoms. The van der Waals surface area contributed by atoms with Gasteiger partial charge in [0.15, 0.2) is 0 Å². The van der Waals surface area contributed by atoms with Crippen molar-refractivity contribution < 1.29 is 9.53 Å². The van der Waals surface area contributed by atoms with E-state index >= 15 is 0 Å². The highest BCUT2D eigenvalue weighted by molar-refractivity contribution is 7.12. The molecule has 0 radical (unpaired) electrons. The van der Waals surface area contributed by atoms with E-state index in [-0.39, 0.29) is 12.0 Å². The first-order valence-corrected chi connectivity index (χ1v) is 7.33. The van der Waals surface area contributed by atoms with Gasteiger partial charge in [-0.25, -0.2) is 0 Å². The molecule has 0 aliphatic carbocycles. The fourth-order valence-electron chi connectivity index (χ4n) is 2.26. The molecule has 2 aromatic rings. The van der Waals surface area contributed by atoms with E-state index in [9.17, 15) is 4.79 Å². The monoisotopic (exact) mass is 276 g/mol. The Morgan fingerprint density at radius 1 is 1.47 bits per heavy atom. The van der Waals surface area contributed by atoms with Crippen LogP contribution < -0.4 is 5.32 Å². The van der Waals surface area contributed by atoms with E-state index in [1.54, 1.807) is 0 Å². The van der Waals surface area contributed by atoms with Crippen LogP contribution in [0.5, 0.6) is 0 Å². The number of carbonyl (C=O) groups excluding carboxylic acids is 1. The van der Waals surface area contributed by atoms with Crippen LogP contribution in [0, 0.1) is 0 Å². The van der Waals surface area contributed by atoms with Crippen LogP contribution >= 0.6 is 11.3 Å². The summed E-state index contributed by atoms with van der Waals surface area (Å²) in [6.07, 6.45) is 6.19. The van der Waals surface area contributed by atoms with Gasteiger partial charge < -0.3 is 14.6 Å². The van der Waals surface area contributed by atoms with Gasteiger partial charge in [-0.15, -0.1) is 11.3 Å². The Hall–Kier alpha value is -1.59. The third-order valence-electron chi connectivity index (χ3n) is 3.25. The summed E-state index contributed by atoms with van der Waals surface area (Å²) in [6, 6.07) is 5.86. The number of ether oxygens (including phenoxy) is 1. The molecule has 1 saturated heterocycles. The van der Waals surface area contributed by atoms with E-state index in [4.69, 9.17) is 4.74 Å². The molecule has 0 saturated carbocycles. The summed E-state index contributed by atoms with van der Waals surface area (Å²) in [6.45, 7) is 1.41. The summed E-state index contributed by atoms with van der Waals surface area (Å²) >= 11 is 1.46. The third-order valence-corrected chi connectivity index (χ3v) is 4.15. The quantitative estimate of drug-likeness (QED) is 0.932. The second-order valence-corrected chi connectivity index (χ2v) is 5.49. The van der Waals surface area contributed by atoms with E-state index in [2.05, 4.69) is 5.32 Å². The fraction of sp³-hybridized carbons (Fsp3) is 0.357. The minimum atomic E-state index is -0.0193. The zero-order chi connectivity index (χ0) is 13.1. The lowest BCUT2D eigenvalue weighted by atomic mass is 10.2. The molecule has 3 heterocycles. The van der Waals surface area contributed by atoms with E-state index < -0.39 is 0 Å². The highest BCUT2D eigenvalue weighted by atomic mass is 32.1. The van der Waals surface area contributed by atoms with Crippen molar-refractivity contribution in [2.45, 2.75) is 18.9 Å². The Balaban J connectivity index is 1.68. The first-order valence-electron chi connectivity index (χ1n) is 6.45. The topological polar surface area (TPSA) is 43.3 Å². The SMILES string of the molecule is O=C(NC[C@H]1CCCO1)c1sccc1-n1cccc1. The average Bonchev–Trinajstić information content (AvgIpc) is 3.14. The van der Waals surface area contributed by atoms with E-state index in [1.807, 2.05) is 40.5 Å². The maximum atomic E-state index is 12.2. The molecule has 19 heavy (non-hydrogen) atoms. The molecule has 4 nitrogen and oxygen atoms in total. The highest BCUT2D eigenvalue weighted by Crippen LogP contribution is 2.21. The summed E-state index contributed by atoms with van der Waals surface area (Å²) in [5.74, 6) is -0.0193. The van der Waals surface area contributed by atoms with E-state index in [1.165, 1.54) is 11.3 Å². The number of nitrogens with zero attached hydrogens (tertiary/aromatic N) is 1. The molecule has 1 fully saturated rings. The highest BCUT2D eigenvalue weighted by Gasteiger charge is 2.19. The third kappa shape index (κ3) is 2.72. The number of aromatic nitrogens is 1. The van der Waals surface area contributed by atoms with Crippen LogP contribution in [0.3, 0.4) is 0 Å². The number of thiophene rings is 1. The number of nitrogens with one attached hydrogen (secondary N) is 1. The standard InChI is InChI=1S/C14H16N2O2S/c17-14(15-10-11-4-3-8-18-11)13-12(5-9-19-13)16-6-1-2-7-16/h1-2,5-7,9,11H,3-4,8,10H2,(H,15,17)/t11-/m1/s1. The van der Waals surface area contributed by atoms with Crippen molar-refractivity contribution in [3.8, 4) is 5.69 Å². The first kappa shape index (κ1) is 12.4. The summed E-state index contributed by atoms with van der Waals surface area (Å²) in [5, 5.41) is 4.90. The van der Waals surface area contributed by atoms with Gasteiger partial charge in [0, 0.05) is 25.5 Å². The molecule has 0 spiro atoms. The molecule has 0 unspecified atom stereocenters. The van der Waals surface area contributed by atoms with Crippen LogP contribution in [0.2, 0.25) is 0 Å². The van der Waals surface area contributed by atoms with Gasteiger partial charge in [0.05, 0.1) is 11.8 Å². The molecule has 5 heteroatoms. The zero-order valence-electron chi connectivity index (χ0n) is 10.5. The number of hydrogen-bond donors (Lipinski definition) is 1. The molecule has 0 aromatic carbocycles. The Morgan fingerprint density at radius 2 is 2.32 bits per heavy atom. The first-order chi connectivity index (χ1) is 9.34. The van der Waals surface area contributed by atoms with Gasteiger partial charge in [-0.3, -0.25) is 4.79 Å². The molecule has 100 valence electrons. The molecule has 3 rings (SSSR count). The predicted molar refractivity (Wildman–Crippen MR) is 75.0 cm³/mol. The maximum Gasteiger partial charge on any atom is 0.263 e. The normalized spacial score (nSPS) is 18.6. The van der Waals surface area contributed by atoms with Gasteiger partial charge in [-0.1, -0.05) is 0 Å². The van der Waals surface area contributed by atoms with Gasteiger partial charge >= 0.3 is 0 Å². The molecular formula is C14H16N2O2S. The van der Waals surface area contributed by atoms with E-state index in [0.717, 1.165) is 30.0 Å². The van der Waals surface area contributed by atoms with Crippen LogP contribution in [-0.4, -0.2) is 29.7 Å². The second kappa shape index (κ2) is 5.59. The van der Waals surface area contributed by atoms with Crippen molar-refractivity contribution in [1.82, 2.24) is 9.88 Å². The minimum Gasteiger partial charge on any atom is -0.376 e. The molecule has 1 amide bonds. The van der Waals surface area contributed by atoms with Crippen molar-refractivity contribution in [2.75, 3.05) is 13.2 Å².